The maximum absolute atomic E-state index is 12.9. The van der Waals surface area contributed by atoms with Gasteiger partial charge < -0.3 is 14.8 Å². The molecule has 4 aromatic carbocycles. The summed E-state index contributed by atoms with van der Waals surface area (Å²) in [6.45, 7) is 0. The molecule has 0 aliphatic rings. The highest BCUT2D eigenvalue weighted by molar-refractivity contribution is 6.00. The van der Waals surface area contributed by atoms with E-state index in [2.05, 4.69) is 5.32 Å². The van der Waals surface area contributed by atoms with Gasteiger partial charge in [-0.1, -0.05) is 60.7 Å². The number of ether oxygens (including phenoxy) is 2. The van der Waals surface area contributed by atoms with Gasteiger partial charge in [0.15, 0.2) is 0 Å². The second-order valence-electron chi connectivity index (χ2n) is 7.38. The number of methoxy groups -OCH3 is 1. The zero-order chi connectivity index (χ0) is 22.3. The highest BCUT2D eigenvalue weighted by atomic mass is 16.5. The molecule has 32 heavy (non-hydrogen) atoms. The van der Waals surface area contributed by atoms with Crippen molar-refractivity contribution in [3.63, 3.8) is 0 Å². The number of carbonyl (C=O) groups excluding carboxylic acids is 2. The number of rotatable bonds is 7. The van der Waals surface area contributed by atoms with Crippen molar-refractivity contribution >= 4 is 22.6 Å². The zero-order valence-corrected chi connectivity index (χ0v) is 17.7. The number of benzene rings is 4. The number of hydrogen-bond donors (Lipinski definition) is 1. The molecule has 4 rings (SSSR count). The minimum atomic E-state index is -0.771. The summed E-state index contributed by atoms with van der Waals surface area (Å²) in [5.74, 6) is 0.665. The van der Waals surface area contributed by atoms with Crippen molar-refractivity contribution < 1.29 is 19.1 Å². The quantitative estimate of drug-likeness (QED) is 0.416. The van der Waals surface area contributed by atoms with Gasteiger partial charge in [0.25, 0.3) is 5.91 Å². The van der Waals surface area contributed by atoms with E-state index in [4.69, 9.17) is 9.47 Å². The number of hydrogen-bond acceptors (Lipinski definition) is 4. The Morgan fingerprint density at radius 1 is 0.781 bits per heavy atom. The number of amides is 1. The topological polar surface area (TPSA) is 64.6 Å². The Morgan fingerprint density at radius 3 is 2.16 bits per heavy atom. The fourth-order valence-corrected chi connectivity index (χ4v) is 3.48. The summed E-state index contributed by atoms with van der Waals surface area (Å²) in [6, 6.07) is 29.4. The van der Waals surface area contributed by atoms with Crippen LogP contribution in [0.2, 0.25) is 0 Å². The van der Waals surface area contributed by atoms with Crippen molar-refractivity contribution in [3.8, 4) is 11.5 Å². The molecule has 5 heteroatoms. The van der Waals surface area contributed by atoms with Crippen LogP contribution in [0.3, 0.4) is 0 Å². The normalized spacial score (nSPS) is 11.5. The summed E-state index contributed by atoms with van der Waals surface area (Å²) < 4.78 is 10.8. The van der Waals surface area contributed by atoms with Crippen LogP contribution < -0.4 is 10.1 Å². The minimum absolute atomic E-state index is 0.331. The SMILES string of the molecule is COC(=O)[C@H](Cc1ccccc1)NC(=O)c1ccc2cc(Oc3ccccc3)ccc2c1. The number of nitrogens with one attached hydrogen (secondary N) is 1. The van der Waals surface area contributed by atoms with Crippen LogP contribution in [0.5, 0.6) is 11.5 Å². The van der Waals surface area contributed by atoms with Crippen LogP contribution in [-0.2, 0) is 16.0 Å². The van der Waals surface area contributed by atoms with Gasteiger partial charge in [0.1, 0.15) is 17.5 Å². The summed E-state index contributed by atoms with van der Waals surface area (Å²) in [5.41, 5.74) is 1.41. The first-order valence-electron chi connectivity index (χ1n) is 10.3. The van der Waals surface area contributed by atoms with Crippen molar-refractivity contribution in [2.75, 3.05) is 7.11 Å². The van der Waals surface area contributed by atoms with Gasteiger partial charge in [-0.25, -0.2) is 4.79 Å². The second kappa shape index (κ2) is 9.79. The highest BCUT2D eigenvalue weighted by Gasteiger charge is 2.22. The van der Waals surface area contributed by atoms with Crippen LogP contribution in [0, 0.1) is 0 Å². The fourth-order valence-electron chi connectivity index (χ4n) is 3.48. The van der Waals surface area contributed by atoms with Crippen LogP contribution in [-0.4, -0.2) is 25.0 Å². The first kappa shape index (κ1) is 21.1. The van der Waals surface area contributed by atoms with Crippen molar-refractivity contribution in [2.45, 2.75) is 12.5 Å². The molecular formula is C27H23NO4. The van der Waals surface area contributed by atoms with Crippen molar-refractivity contribution in [2.24, 2.45) is 0 Å². The van der Waals surface area contributed by atoms with Crippen molar-refractivity contribution in [3.05, 3.63) is 108 Å². The lowest BCUT2D eigenvalue weighted by molar-refractivity contribution is -0.142. The van der Waals surface area contributed by atoms with E-state index in [1.165, 1.54) is 7.11 Å². The van der Waals surface area contributed by atoms with E-state index in [-0.39, 0.29) is 5.91 Å². The lowest BCUT2D eigenvalue weighted by Gasteiger charge is -2.17. The standard InChI is InChI=1S/C27H23NO4/c1-31-27(30)25(16-19-8-4-2-5-9-19)28-26(29)22-13-12-21-18-24(15-14-20(21)17-22)32-23-10-6-3-7-11-23/h2-15,17-18,25H,16H2,1H3,(H,28,29)/t25-/m0/s1. The molecule has 0 radical (unpaired) electrons. The molecule has 0 aliphatic heterocycles. The zero-order valence-electron chi connectivity index (χ0n) is 17.7. The van der Waals surface area contributed by atoms with Gasteiger partial charge in [-0.2, -0.15) is 0 Å². The van der Waals surface area contributed by atoms with E-state index in [9.17, 15) is 9.59 Å². The first-order chi connectivity index (χ1) is 15.6. The van der Waals surface area contributed by atoms with Crippen LogP contribution in [0.15, 0.2) is 97.1 Å². The molecule has 160 valence electrons. The summed E-state index contributed by atoms with van der Waals surface area (Å²) in [4.78, 5) is 25.1. The molecule has 0 saturated heterocycles. The Morgan fingerprint density at radius 2 is 1.44 bits per heavy atom. The van der Waals surface area contributed by atoms with E-state index < -0.39 is 12.0 Å². The fraction of sp³-hybridized carbons (Fsp3) is 0.111. The molecule has 5 nitrogen and oxygen atoms in total. The Hall–Kier alpha value is -4.12. The largest absolute Gasteiger partial charge is 0.467 e. The first-order valence-corrected chi connectivity index (χ1v) is 10.3. The molecule has 0 saturated carbocycles. The van der Waals surface area contributed by atoms with Crippen LogP contribution in [0.4, 0.5) is 0 Å². The Bertz CT molecular complexity index is 1220. The van der Waals surface area contributed by atoms with Crippen LogP contribution >= 0.6 is 0 Å². The van der Waals surface area contributed by atoms with Crippen LogP contribution in [0.1, 0.15) is 15.9 Å². The molecule has 0 spiro atoms. The van der Waals surface area contributed by atoms with E-state index in [0.717, 1.165) is 27.8 Å². The summed E-state index contributed by atoms with van der Waals surface area (Å²) in [7, 11) is 1.32. The maximum Gasteiger partial charge on any atom is 0.328 e. The smallest absolute Gasteiger partial charge is 0.328 e. The lowest BCUT2D eigenvalue weighted by Crippen LogP contribution is -2.43. The molecule has 0 aliphatic carbocycles. The number of carbonyl (C=O) groups is 2. The summed E-state index contributed by atoms with van der Waals surface area (Å²) in [5, 5.41) is 4.65. The van der Waals surface area contributed by atoms with E-state index >= 15 is 0 Å². The van der Waals surface area contributed by atoms with Gasteiger partial charge in [0, 0.05) is 12.0 Å². The average Bonchev–Trinajstić information content (AvgIpc) is 2.84. The molecule has 1 atom stereocenters. The summed E-state index contributed by atoms with van der Waals surface area (Å²) >= 11 is 0. The maximum atomic E-state index is 12.9. The van der Waals surface area contributed by atoms with Crippen molar-refractivity contribution in [1.29, 1.82) is 0 Å². The van der Waals surface area contributed by atoms with E-state index in [1.54, 1.807) is 12.1 Å². The van der Waals surface area contributed by atoms with Gasteiger partial charge in [0.05, 0.1) is 7.11 Å². The Labute approximate surface area is 186 Å². The number of fused-ring (bicyclic) bond motifs is 1. The van der Waals surface area contributed by atoms with Gasteiger partial charge >= 0.3 is 5.97 Å². The minimum Gasteiger partial charge on any atom is -0.467 e. The highest BCUT2D eigenvalue weighted by Crippen LogP contribution is 2.26. The molecular weight excluding hydrogens is 402 g/mol. The number of para-hydroxylation sites is 1. The molecule has 0 aromatic heterocycles. The molecule has 0 bridgehead atoms. The van der Waals surface area contributed by atoms with Crippen molar-refractivity contribution in [1.82, 2.24) is 5.32 Å². The van der Waals surface area contributed by atoms with Crippen LogP contribution in [0.25, 0.3) is 10.8 Å². The lowest BCUT2D eigenvalue weighted by atomic mass is 10.0. The third-order valence-electron chi connectivity index (χ3n) is 5.13. The second-order valence-corrected chi connectivity index (χ2v) is 7.38. The molecule has 0 unspecified atom stereocenters. The predicted molar refractivity (Wildman–Crippen MR) is 124 cm³/mol. The third kappa shape index (κ3) is 5.13. The average molecular weight is 425 g/mol. The van der Waals surface area contributed by atoms with Gasteiger partial charge in [-0.05, 0) is 52.7 Å². The Balaban J connectivity index is 1.50. The molecule has 0 heterocycles. The van der Waals surface area contributed by atoms with E-state index in [0.29, 0.717) is 12.0 Å². The van der Waals surface area contributed by atoms with Gasteiger partial charge in [0.2, 0.25) is 0 Å². The molecule has 4 aromatic rings. The van der Waals surface area contributed by atoms with Gasteiger partial charge in [-0.15, -0.1) is 0 Å². The number of esters is 1. The predicted octanol–water partition coefficient (Wildman–Crippen LogP) is 5.15. The van der Waals surface area contributed by atoms with Gasteiger partial charge in [-0.3, -0.25) is 4.79 Å². The monoisotopic (exact) mass is 425 g/mol. The third-order valence-corrected chi connectivity index (χ3v) is 5.13. The van der Waals surface area contributed by atoms with E-state index in [1.807, 2.05) is 84.9 Å². The Kier molecular flexibility index (Phi) is 6.46. The molecule has 1 amide bonds. The summed E-state index contributed by atoms with van der Waals surface area (Å²) in [6.07, 6.45) is 0.354. The molecule has 1 N–H and O–H groups in total. The molecule has 0 fully saturated rings.